The van der Waals surface area contributed by atoms with Gasteiger partial charge in [-0.1, -0.05) is 28.1 Å². The third-order valence-corrected chi connectivity index (χ3v) is 3.41. The predicted octanol–water partition coefficient (Wildman–Crippen LogP) is 4.23. The molecule has 0 bridgehead atoms. The van der Waals surface area contributed by atoms with E-state index in [2.05, 4.69) is 15.9 Å². The van der Waals surface area contributed by atoms with Gasteiger partial charge in [-0.3, -0.25) is 10.1 Å². The number of rotatable bonds is 6. The first-order valence-corrected chi connectivity index (χ1v) is 7.19. The number of halogens is 5. The van der Waals surface area contributed by atoms with Gasteiger partial charge in [0, 0.05) is 10.9 Å². The summed E-state index contributed by atoms with van der Waals surface area (Å²) in [5.74, 6) is -1.53. The molecule has 1 aromatic rings. The number of hydrogen-bond donors (Lipinski definition) is 2. The van der Waals surface area contributed by atoms with Crippen LogP contribution in [-0.2, 0) is 4.79 Å². The Hall–Kier alpha value is -1.15. The maximum absolute atomic E-state index is 13.6. The molecule has 1 unspecified atom stereocenters. The summed E-state index contributed by atoms with van der Waals surface area (Å²) in [6.45, 7) is 2.24. The Balaban J connectivity index is 3.07. The highest BCUT2D eigenvalue weighted by Crippen LogP contribution is 2.34. The average Bonchev–Trinajstić information content (AvgIpc) is 2.32. The molecule has 2 atom stereocenters. The first-order chi connectivity index (χ1) is 9.90. The van der Waals surface area contributed by atoms with E-state index >= 15 is 0 Å². The summed E-state index contributed by atoms with van der Waals surface area (Å²) < 4.78 is 53.8. The Kier molecular flexibility index (Phi) is 5.97. The molecule has 0 aliphatic carbocycles. The second-order valence-corrected chi connectivity index (χ2v) is 6.42. The van der Waals surface area contributed by atoms with Crippen LogP contribution in [0.4, 0.5) is 17.6 Å². The third-order valence-electron chi connectivity index (χ3n) is 2.89. The van der Waals surface area contributed by atoms with E-state index in [0.29, 0.717) is 4.47 Å². The molecule has 3 nitrogen and oxygen atoms in total. The molecule has 0 fully saturated rings. The molecule has 0 amide bonds. The van der Waals surface area contributed by atoms with Crippen molar-refractivity contribution in [2.24, 2.45) is 0 Å². The van der Waals surface area contributed by atoms with Gasteiger partial charge in [-0.2, -0.15) is 13.2 Å². The van der Waals surface area contributed by atoms with E-state index in [0.717, 1.165) is 13.8 Å². The van der Waals surface area contributed by atoms with Crippen molar-refractivity contribution >= 4 is 21.9 Å². The Morgan fingerprint density at radius 3 is 2.09 bits per heavy atom. The van der Waals surface area contributed by atoms with Gasteiger partial charge in [-0.05, 0) is 31.5 Å². The summed E-state index contributed by atoms with van der Waals surface area (Å²) in [5, 5.41) is 11.0. The van der Waals surface area contributed by atoms with Crippen LogP contribution in [0.5, 0.6) is 0 Å². The van der Waals surface area contributed by atoms with E-state index in [9.17, 15) is 22.4 Å². The quantitative estimate of drug-likeness (QED) is 0.720. The molecule has 1 aromatic carbocycles. The monoisotopic (exact) mass is 385 g/mol. The predicted molar refractivity (Wildman–Crippen MR) is 77.3 cm³/mol. The summed E-state index contributed by atoms with van der Waals surface area (Å²) in [4.78, 5) is 11.1. The summed E-state index contributed by atoms with van der Waals surface area (Å²) in [6.07, 6.45) is -5.28. The molecule has 0 aliphatic rings. The maximum atomic E-state index is 13.6. The number of alkyl halides is 4. The van der Waals surface area contributed by atoms with Crippen molar-refractivity contribution in [1.82, 2.24) is 5.32 Å². The molecule has 0 saturated carbocycles. The van der Waals surface area contributed by atoms with Crippen LogP contribution in [-0.4, -0.2) is 29.0 Å². The fraction of sp³-hybridized carbons (Fsp3) is 0.500. The van der Waals surface area contributed by atoms with Crippen LogP contribution in [0.15, 0.2) is 28.7 Å². The minimum absolute atomic E-state index is 0.140. The Labute approximate surface area is 133 Å². The van der Waals surface area contributed by atoms with Crippen LogP contribution in [0.2, 0.25) is 0 Å². The van der Waals surface area contributed by atoms with Gasteiger partial charge in [0.15, 0.2) is 0 Å². The molecule has 0 aliphatic heterocycles. The van der Waals surface area contributed by atoms with E-state index in [1.807, 2.05) is 5.32 Å². The minimum Gasteiger partial charge on any atom is -0.480 e. The highest BCUT2D eigenvalue weighted by molar-refractivity contribution is 9.10. The van der Waals surface area contributed by atoms with E-state index < -0.39 is 36.3 Å². The van der Waals surface area contributed by atoms with Crippen molar-refractivity contribution in [3.8, 4) is 0 Å². The molecule has 124 valence electrons. The summed E-state index contributed by atoms with van der Waals surface area (Å²) >= 11 is 3.11. The van der Waals surface area contributed by atoms with Gasteiger partial charge >= 0.3 is 12.1 Å². The molecule has 8 heteroatoms. The normalized spacial score (nSPS) is 15.4. The fourth-order valence-corrected chi connectivity index (χ4v) is 2.20. The Morgan fingerprint density at radius 1 is 1.23 bits per heavy atom. The van der Waals surface area contributed by atoms with Gasteiger partial charge in [-0.15, -0.1) is 0 Å². The van der Waals surface area contributed by atoms with Crippen molar-refractivity contribution in [2.45, 2.75) is 44.2 Å². The van der Waals surface area contributed by atoms with E-state index in [-0.39, 0.29) is 5.56 Å². The van der Waals surface area contributed by atoms with Crippen molar-refractivity contribution in [3.05, 3.63) is 34.3 Å². The van der Waals surface area contributed by atoms with Crippen molar-refractivity contribution in [2.75, 3.05) is 0 Å². The standard InChI is InChI=1S/C14H16BrF4NO2/c1-13(2,16)7-10(12(21)22)20-11(14(17,18)19)8-3-5-9(15)6-4-8/h3-6,10-11,20H,7H2,1-2H3,(H,21,22)/t10?,11-/m0/s1. The van der Waals surface area contributed by atoms with Gasteiger partial charge in [0.2, 0.25) is 0 Å². The molecule has 0 saturated heterocycles. The van der Waals surface area contributed by atoms with Gasteiger partial charge in [0.05, 0.1) is 0 Å². The largest absolute Gasteiger partial charge is 0.480 e. The number of carbonyl (C=O) groups is 1. The lowest BCUT2D eigenvalue weighted by Crippen LogP contribution is -2.47. The number of benzene rings is 1. The number of nitrogens with one attached hydrogen (secondary N) is 1. The van der Waals surface area contributed by atoms with Crippen molar-refractivity contribution in [1.29, 1.82) is 0 Å². The number of carboxylic acids is 1. The first kappa shape index (κ1) is 18.9. The second-order valence-electron chi connectivity index (χ2n) is 5.51. The van der Waals surface area contributed by atoms with E-state index in [4.69, 9.17) is 5.11 Å². The average molecular weight is 386 g/mol. The number of aliphatic carboxylic acids is 1. The lowest BCUT2D eigenvalue weighted by molar-refractivity contribution is -0.164. The zero-order valence-electron chi connectivity index (χ0n) is 11.9. The smallest absolute Gasteiger partial charge is 0.407 e. The Morgan fingerprint density at radius 2 is 1.73 bits per heavy atom. The first-order valence-electron chi connectivity index (χ1n) is 6.40. The molecule has 1 rings (SSSR count). The van der Waals surface area contributed by atoms with Crippen LogP contribution in [0.1, 0.15) is 31.9 Å². The molecule has 0 spiro atoms. The second kappa shape index (κ2) is 6.95. The topological polar surface area (TPSA) is 49.3 Å². The van der Waals surface area contributed by atoms with E-state index in [1.165, 1.54) is 24.3 Å². The molecular weight excluding hydrogens is 370 g/mol. The zero-order chi connectivity index (χ0) is 17.1. The maximum Gasteiger partial charge on any atom is 0.407 e. The molecular formula is C14H16BrF4NO2. The lowest BCUT2D eigenvalue weighted by Gasteiger charge is -2.28. The van der Waals surface area contributed by atoms with Crippen molar-refractivity contribution in [3.63, 3.8) is 0 Å². The van der Waals surface area contributed by atoms with E-state index in [1.54, 1.807) is 0 Å². The van der Waals surface area contributed by atoms with Gasteiger partial charge in [-0.25, -0.2) is 4.39 Å². The molecule has 0 radical (unpaired) electrons. The minimum atomic E-state index is -4.71. The fourth-order valence-electron chi connectivity index (χ4n) is 1.94. The van der Waals surface area contributed by atoms with Gasteiger partial charge < -0.3 is 5.11 Å². The van der Waals surface area contributed by atoms with Crippen LogP contribution in [0.3, 0.4) is 0 Å². The summed E-state index contributed by atoms with van der Waals surface area (Å²) in [6, 6.07) is 1.46. The number of carboxylic acid groups (broad SMARTS) is 1. The SMILES string of the molecule is CC(C)(F)CC(N[C@@H](c1ccc(Br)cc1)C(F)(F)F)C(=O)O. The van der Waals surface area contributed by atoms with Gasteiger partial charge in [0.25, 0.3) is 0 Å². The highest BCUT2D eigenvalue weighted by Gasteiger charge is 2.43. The van der Waals surface area contributed by atoms with Crippen molar-refractivity contribution < 1.29 is 27.5 Å². The van der Waals surface area contributed by atoms with Crippen LogP contribution in [0, 0.1) is 0 Å². The molecule has 2 N–H and O–H groups in total. The van der Waals surface area contributed by atoms with Crippen LogP contribution in [0.25, 0.3) is 0 Å². The summed E-state index contributed by atoms with van der Waals surface area (Å²) in [7, 11) is 0. The molecule has 0 aromatic heterocycles. The Bertz CT molecular complexity index is 511. The third kappa shape index (κ3) is 5.92. The van der Waals surface area contributed by atoms with Crippen LogP contribution < -0.4 is 5.32 Å². The lowest BCUT2D eigenvalue weighted by atomic mass is 9.98. The highest BCUT2D eigenvalue weighted by atomic mass is 79.9. The zero-order valence-corrected chi connectivity index (χ0v) is 13.5. The number of hydrogen-bond acceptors (Lipinski definition) is 2. The molecule has 22 heavy (non-hydrogen) atoms. The van der Waals surface area contributed by atoms with Gasteiger partial charge in [0.1, 0.15) is 17.8 Å². The molecule has 0 heterocycles. The van der Waals surface area contributed by atoms with Crippen LogP contribution >= 0.6 is 15.9 Å². The summed E-state index contributed by atoms with van der Waals surface area (Å²) in [5.41, 5.74) is -2.05.